The summed E-state index contributed by atoms with van der Waals surface area (Å²) in [4.78, 5) is 27.7. The highest BCUT2D eigenvalue weighted by molar-refractivity contribution is 5.95. The number of hydrogen-bond acceptors (Lipinski definition) is 4. The summed E-state index contributed by atoms with van der Waals surface area (Å²) in [7, 11) is 0. The number of fused-ring (bicyclic) bond motifs is 1. The summed E-state index contributed by atoms with van der Waals surface area (Å²) in [5.74, 6) is -1.62. The van der Waals surface area contributed by atoms with Gasteiger partial charge in [0.05, 0.1) is 0 Å². The van der Waals surface area contributed by atoms with Crippen LogP contribution >= 0.6 is 0 Å². The van der Waals surface area contributed by atoms with Crippen LogP contribution in [0, 0.1) is 0 Å². The second-order valence-corrected chi connectivity index (χ2v) is 5.62. The van der Waals surface area contributed by atoms with Gasteiger partial charge in [0.25, 0.3) is 0 Å². The number of carbonyl (C=O) groups is 2. The number of hydrogen-bond donors (Lipinski definition) is 2. The molecule has 0 fully saturated rings. The number of nitrogens with zero attached hydrogens (tertiary/aromatic N) is 1. The Labute approximate surface area is 146 Å². The first kappa shape index (κ1) is 18.5. The smallest absolute Gasteiger partial charge is 0.322 e. The molecule has 6 heteroatoms. The van der Waals surface area contributed by atoms with E-state index in [4.69, 9.17) is 9.84 Å². The minimum atomic E-state index is -1.21. The summed E-state index contributed by atoms with van der Waals surface area (Å²) in [5.41, 5.74) is 1.85. The van der Waals surface area contributed by atoms with E-state index in [2.05, 4.69) is 23.0 Å². The van der Waals surface area contributed by atoms with Crippen LogP contribution in [0.5, 0.6) is 5.75 Å². The molecule has 0 amide bonds. The van der Waals surface area contributed by atoms with Gasteiger partial charge in [-0.05, 0) is 24.1 Å². The fraction of sp³-hybridized carbons (Fsp3) is 0.263. The van der Waals surface area contributed by atoms with Gasteiger partial charge < -0.3 is 14.8 Å². The lowest BCUT2D eigenvalue weighted by atomic mass is 10.1. The molecule has 1 aromatic heterocycles. The van der Waals surface area contributed by atoms with Crippen LogP contribution in [0.3, 0.4) is 0 Å². The van der Waals surface area contributed by atoms with Gasteiger partial charge in [-0.25, -0.2) is 0 Å². The van der Waals surface area contributed by atoms with Crippen molar-refractivity contribution in [3.63, 3.8) is 0 Å². The van der Waals surface area contributed by atoms with Gasteiger partial charge in [0.2, 0.25) is 0 Å². The van der Waals surface area contributed by atoms with Crippen LogP contribution in [0.25, 0.3) is 10.9 Å². The van der Waals surface area contributed by atoms with Gasteiger partial charge >= 0.3 is 11.9 Å². The highest BCUT2D eigenvalue weighted by atomic mass is 16.5. The molecule has 0 aliphatic carbocycles. The number of aliphatic carboxylic acids is 1. The zero-order valence-electron chi connectivity index (χ0n) is 14.0. The Bertz CT molecular complexity index is 769. The molecule has 1 heterocycles. The normalized spacial score (nSPS) is 10.8. The van der Waals surface area contributed by atoms with Crippen LogP contribution in [0.1, 0.15) is 12.0 Å². The maximum absolute atomic E-state index is 11.7. The van der Waals surface area contributed by atoms with Crippen molar-refractivity contribution in [2.45, 2.75) is 12.8 Å². The van der Waals surface area contributed by atoms with Crippen molar-refractivity contribution in [1.29, 1.82) is 0 Å². The van der Waals surface area contributed by atoms with Crippen molar-refractivity contribution in [2.24, 2.45) is 0 Å². The van der Waals surface area contributed by atoms with Crippen LogP contribution in [-0.2, 0) is 16.0 Å². The molecule has 1 aromatic carbocycles. The van der Waals surface area contributed by atoms with Crippen LogP contribution in [-0.4, -0.2) is 46.6 Å². The molecule has 2 aromatic rings. The third-order valence-electron chi connectivity index (χ3n) is 3.74. The van der Waals surface area contributed by atoms with Gasteiger partial charge in [-0.3, -0.25) is 14.5 Å². The molecule has 0 saturated heterocycles. The Morgan fingerprint density at radius 3 is 2.60 bits per heavy atom. The van der Waals surface area contributed by atoms with Crippen LogP contribution < -0.4 is 4.74 Å². The second kappa shape index (κ2) is 8.84. The highest BCUT2D eigenvalue weighted by Crippen LogP contribution is 2.29. The number of aromatic amines is 1. The molecule has 0 bridgehead atoms. The first-order valence-corrected chi connectivity index (χ1v) is 8.00. The van der Waals surface area contributed by atoms with E-state index in [-0.39, 0.29) is 0 Å². The zero-order chi connectivity index (χ0) is 18.2. The van der Waals surface area contributed by atoms with E-state index in [1.807, 2.05) is 24.4 Å². The van der Waals surface area contributed by atoms with Crippen molar-refractivity contribution in [1.82, 2.24) is 9.88 Å². The Morgan fingerprint density at radius 1 is 1.24 bits per heavy atom. The molecule has 6 nitrogen and oxygen atoms in total. The SMILES string of the molecule is C=CCN(CC=C)CCc1c[nH]c2cccc(OC(=O)CC(=O)O)c12. The van der Waals surface area contributed by atoms with Crippen molar-refractivity contribution in [3.05, 3.63) is 55.3 Å². The molecule has 132 valence electrons. The Kier molecular flexibility index (Phi) is 6.54. The van der Waals surface area contributed by atoms with Crippen molar-refractivity contribution in [2.75, 3.05) is 19.6 Å². The number of aromatic nitrogens is 1. The highest BCUT2D eigenvalue weighted by Gasteiger charge is 2.15. The average molecular weight is 342 g/mol. The molecule has 0 aliphatic rings. The number of esters is 1. The zero-order valence-corrected chi connectivity index (χ0v) is 14.0. The number of carbonyl (C=O) groups excluding carboxylic acids is 1. The van der Waals surface area contributed by atoms with E-state index < -0.39 is 18.4 Å². The summed E-state index contributed by atoms with van der Waals surface area (Å²) >= 11 is 0. The van der Waals surface area contributed by atoms with Crippen molar-refractivity contribution < 1.29 is 19.4 Å². The number of ether oxygens (including phenoxy) is 1. The first-order valence-electron chi connectivity index (χ1n) is 8.00. The van der Waals surface area contributed by atoms with Crippen LogP contribution in [0.2, 0.25) is 0 Å². The molecule has 0 unspecified atom stereocenters. The minimum Gasteiger partial charge on any atom is -0.481 e. The lowest BCUT2D eigenvalue weighted by Crippen LogP contribution is -2.26. The van der Waals surface area contributed by atoms with E-state index in [1.165, 1.54) is 0 Å². The minimum absolute atomic E-state index is 0.374. The quantitative estimate of drug-likeness (QED) is 0.300. The standard InChI is InChI=1S/C19H22N2O4/c1-3-9-21(10-4-2)11-8-14-13-20-15-6-5-7-16(19(14)15)25-18(24)12-17(22)23/h3-7,13,20H,1-2,8-12H2,(H,22,23). The summed E-state index contributed by atoms with van der Waals surface area (Å²) in [6, 6.07) is 5.32. The molecule has 2 N–H and O–H groups in total. The Balaban J connectivity index is 2.20. The molecule has 0 radical (unpaired) electrons. The number of carboxylic acid groups (broad SMARTS) is 1. The van der Waals surface area contributed by atoms with Crippen LogP contribution in [0.4, 0.5) is 0 Å². The molecule has 0 atom stereocenters. The summed E-state index contributed by atoms with van der Waals surface area (Å²) in [5, 5.41) is 9.51. The topological polar surface area (TPSA) is 82.6 Å². The number of nitrogens with one attached hydrogen (secondary N) is 1. The van der Waals surface area contributed by atoms with Gasteiger partial charge in [-0.2, -0.15) is 0 Å². The largest absolute Gasteiger partial charge is 0.481 e. The van der Waals surface area contributed by atoms with Gasteiger partial charge in [0.1, 0.15) is 12.2 Å². The fourth-order valence-electron chi connectivity index (χ4n) is 2.68. The molecule has 2 rings (SSSR count). The maximum Gasteiger partial charge on any atom is 0.322 e. The second-order valence-electron chi connectivity index (χ2n) is 5.62. The lowest BCUT2D eigenvalue weighted by molar-refractivity contribution is -0.145. The molecule has 25 heavy (non-hydrogen) atoms. The van der Waals surface area contributed by atoms with E-state index in [1.54, 1.807) is 12.1 Å². The Hall–Kier alpha value is -2.86. The summed E-state index contributed by atoms with van der Waals surface area (Å²) in [6.45, 7) is 9.83. The molecule has 0 spiro atoms. The third-order valence-corrected chi connectivity index (χ3v) is 3.74. The maximum atomic E-state index is 11.7. The number of carboxylic acids is 1. The van der Waals surface area contributed by atoms with Crippen molar-refractivity contribution in [3.8, 4) is 5.75 Å². The van der Waals surface area contributed by atoms with E-state index in [0.717, 1.165) is 42.5 Å². The predicted molar refractivity (Wildman–Crippen MR) is 96.7 cm³/mol. The van der Waals surface area contributed by atoms with Gasteiger partial charge in [-0.1, -0.05) is 18.2 Å². The first-order chi connectivity index (χ1) is 12.0. The summed E-state index contributed by atoms with van der Waals surface area (Å²) in [6.07, 6.45) is 5.66. The van der Waals surface area contributed by atoms with Gasteiger partial charge in [0.15, 0.2) is 0 Å². The molecular weight excluding hydrogens is 320 g/mol. The molecular formula is C19H22N2O4. The predicted octanol–water partition coefficient (Wildman–Crippen LogP) is 2.76. The average Bonchev–Trinajstić information content (AvgIpc) is 2.96. The fourth-order valence-corrected chi connectivity index (χ4v) is 2.68. The van der Waals surface area contributed by atoms with Crippen molar-refractivity contribution >= 4 is 22.8 Å². The summed E-state index contributed by atoms with van der Waals surface area (Å²) < 4.78 is 5.25. The third kappa shape index (κ3) is 5.06. The van der Waals surface area contributed by atoms with E-state index in [9.17, 15) is 9.59 Å². The number of benzene rings is 1. The molecule has 0 saturated carbocycles. The van der Waals surface area contributed by atoms with Crippen LogP contribution in [0.15, 0.2) is 49.7 Å². The monoisotopic (exact) mass is 342 g/mol. The van der Waals surface area contributed by atoms with Gasteiger partial charge in [0, 0.05) is 36.7 Å². The van der Waals surface area contributed by atoms with E-state index >= 15 is 0 Å². The van der Waals surface area contributed by atoms with Gasteiger partial charge in [-0.15, -0.1) is 13.2 Å². The lowest BCUT2D eigenvalue weighted by Gasteiger charge is -2.18. The van der Waals surface area contributed by atoms with E-state index in [0.29, 0.717) is 5.75 Å². The molecule has 0 aliphatic heterocycles. The number of H-pyrrole nitrogens is 1. The Morgan fingerprint density at radius 2 is 1.96 bits per heavy atom. The number of rotatable bonds is 10.